The van der Waals surface area contributed by atoms with E-state index in [9.17, 15) is 4.79 Å². The van der Waals surface area contributed by atoms with Crippen LogP contribution in [-0.4, -0.2) is 42.4 Å². The summed E-state index contributed by atoms with van der Waals surface area (Å²) in [7, 11) is 8.49. The minimum Gasteiger partial charge on any atom is -1.00 e. The first kappa shape index (κ1) is 83.2. The number of thiazole rings is 2. The fourth-order valence-electron chi connectivity index (χ4n) is 6.13. The molecule has 0 fully saturated rings. The van der Waals surface area contributed by atoms with Crippen LogP contribution in [0.5, 0.6) is 0 Å². The van der Waals surface area contributed by atoms with Crippen molar-refractivity contribution in [2.24, 2.45) is 26.9 Å². The largest absolute Gasteiger partial charge is 1.00 e. The Morgan fingerprint density at radius 2 is 1.11 bits per heavy atom. The van der Waals surface area contributed by atoms with Gasteiger partial charge in [-0.25, -0.2) is 9.55 Å². The zero-order valence-electron chi connectivity index (χ0n) is 49.8. The van der Waals surface area contributed by atoms with Crippen molar-refractivity contribution < 1.29 is 42.5 Å². The van der Waals surface area contributed by atoms with Gasteiger partial charge in [-0.15, -0.1) is 11.3 Å². The number of nitrogens with two attached hydrogens (primary N) is 1. The molecule has 6 rings (SSSR count). The summed E-state index contributed by atoms with van der Waals surface area (Å²) in [5, 5.41) is 3.85. The van der Waals surface area contributed by atoms with Crippen LogP contribution in [0.1, 0.15) is 162 Å². The molecule has 6 heterocycles. The summed E-state index contributed by atoms with van der Waals surface area (Å²) in [6, 6.07) is 6.61. The summed E-state index contributed by atoms with van der Waals surface area (Å²) in [6.07, 6.45) is 2.28. The summed E-state index contributed by atoms with van der Waals surface area (Å²) in [6.45, 7) is 49.5. The van der Waals surface area contributed by atoms with Gasteiger partial charge in [-0.05, 0) is 151 Å². The molecule has 5 aromatic heterocycles. The van der Waals surface area contributed by atoms with Crippen LogP contribution in [-0.2, 0) is 25.9 Å². The summed E-state index contributed by atoms with van der Waals surface area (Å²) >= 11 is 15.0. The van der Waals surface area contributed by atoms with Crippen LogP contribution in [0.4, 0.5) is 0 Å². The number of alkyl halides is 2. The fraction of sp³-hybridized carbons (Fsp3) is 0.542. The average molecular weight is 1390 g/mol. The van der Waals surface area contributed by atoms with Crippen molar-refractivity contribution in [1.82, 2.24) is 14.9 Å². The molecule has 2 N–H and O–H groups in total. The van der Waals surface area contributed by atoms with Gasteiger partial charge in [0.25, 0.3) is 0 Å². The lowest BCUT2D eigenvalue weighted by molar-refractivity contribution is -0.684. The van der Waals surface area contributed by atoms with Crippen molar-refractivity contribution in [3.05, 3.63) is 133 Å². The molecule has 1 unspecified atom stereocenters. The number of rotatable bonds is 2. The van der Waals surface area contributed by atoms with E-state index < -0.39 is 0 Å². The first-order valence-electron chi connectivity index (χ1n) is 23.9. The lowest BCUT2D eigenvalue weighted by Gasteiger charge is -2.14. The molecule has 1 atom stereocenters. The third-order valence-corrected chi connectivity index (χ3v) is 16.2. The van der Waals surface area contributed by atoms with Gasteiger partial charge in [-0.3, -0.25) is 9.78 Å². The Kier molecular flexibility index (Phi) is 47.1. The van der Waals surface area contributed by atoms with E-state index in [0.717, 1.165) is 11.4 Å². The molecular weight excluding hydrogens is 1280 g/mol. The number of nitrogens with zero attached hydrogens (tertiary/aromatic N) is 6. The van der Waals surface area contributed by atoms with Crippen molar-refractivity contribution in [2.75, 3.05) is 12.0 Å². The second kappa shape index (κ2) is 41.9. The lowest BCUT2D eigenvalue weighted by Crippen LogP contribution is -3.00. The zero-order valence-corrected chi connectivity index (χ0v) is 59.0. The predicted molar refractivity (Wildman–Crippen MR) is 346 cm³/mol. The highest BCUT2D eigenvalue weighted by Crippen LogP contribution is 2.40. The smallest absolute Gasteiger partial charge is 0.234 e. The molecule has 0 amide bonds. The number of Topliss-reactive ketones (excluding diaryl/α,β-unsaturated/α-hetero) is 1. The number of ketones is 1. The van der Waals surface area contributed by atoms with Crippen molar-refractivity contribution in [1.29, 1.82) is 0 Å². The highest BCUT2D eigenvalue weighted by atomic mass is 127. The van der Waals surface area contributed by atoms with E-state index in [2.05, 4.69) is 243 Å². The lowest BCUT2D eigenvalue weighted by atomic mass is 10.1. The van der Waals surface area contributed by atoms with Gasteiger partial charge in [0.1, 0.15) is 26.9 Å². The molecule has 0 bridgehead atoms. The first-order valence-corrected chi connectivity index (χ1v) is 29.8. The van der Waals surface area contributed by atoms with E-state index in [0.29, 0.717) is 4.99 Å². The molecule has 8 nitrogen and oxygen atoms in total. The molecule has 74 heavy (non-hydrogen) atoms. The number of hydrogen-bond donors (Lipinski definition) is 1. The Morgan fingerprint density at radius 3 is 1.41 bits per heavy atom. The molecule has 0 radical (unpaired) electrons. The molecule has 0 aliphatic carbocycles. The van der Waals surface area contributed by atoms with Crippen molar-refractivity contribution in [3.8, 4) is 0 Å². The Balaban J connectivity index is -0.000000187. The van der Waals surface area contributed by atoms with Crippen LogP contribution in [0.3, 0.4) is 0 Å². The number of thiocarbonyl (C=S) groups is 1. The standard InChI is InChI=1S/C16H23N2S.C10H16N.C9H13N.C7H12NS.C6H9NS.C4H7BrO.C2H5NS.C2H6.CH3I.2CH4.HI/c1-10-8-15(17(6)12(3)11(10)2)9-16-18(7)13(4)14(5)19-16;1-7-6-8(2)11(5)10(4)9(7)3;1-6-5-7(2)10-9(4)8(6)3;1-5-6(2)9-7(3)8(5)4;1-4-5(2)8-6(3)7-4;1-3(5)4(2)6;1-2(3)4;2*1-2;;;/h8-9H,1-7H3;6H,1-5H3;5H,1-4H3;1-4H3;1-3H3;3H,1-2H3;1H3,(H2,3,4);1-2H3;1H3;2*1H4;1H/q2*+1;;+1;;;;;;;;/p-1. The minimum atomic E-state index is 0. The number of hydrogen-bond acceptors (Lipinski definition) is 8. The minimum absolute atomic E-state index is 0. The molecule has 15 heteroatoms. The van der Waals surface area contributed by atoms with Gasteiger partial charge in [0.05, 0.1) is 30.4 Å². The third kappa shape index (κ3) is 29.5. The van der Waals surface area contributed by atoms with E-state index in [1.165, 1.54) is 103 Å². The van der Waals surface area contributed by atoms with Crippen molar-refractivity contribution >= 4 is 102 Å². The number of halogens is 3. The van der Waals surface area contributed by atoms with Crippen LogP contribution in [0.15, 0.2) is 33.8 Å². The maximum Gasteiger partial charge on any atom is 0.234 e. The molecule has 0 saturated carbocycles. The van der Waals surface area contributed by atoms with Crippen LogP contribution >= 0.6 is 85.2 Å². The van der Waals surface area contributed by atoms with Gasteiger partial charge in [-0.1, -0.05) is 103 Å². The number of thioether (sulfide) groups is 1. The molecule has 5 aromatic rings. The summed E-state index contributed by atoms with van der Waals surface area (Å²) in [5.74, 6) is 0.176. The molecule has 0 aromatic carbocycles. The summed E-state index contributed by atoms with van der Waals surface area (Å²) in [4.78, 5) is 27.6. The second-order valence-corrected chi connectivity index (χ2v) is 23.4. The van der Waals surface area contributed by atoms with E-state index in [4.69, 9.17) is 5.73 Å². The second-order valence-electron chi connectivity index (χ2n) is 17.4. The maximum atomic E-state index is 10.1. The van der Waals surface area contributed by atoms with Crippen LogP contribution in [0, 0.1) is 118 Å². The SMILES string of the molecule is C.C.CC.CC(=O)C(C)Br.CC(N)=S.CC1=C(C)N(C)C(=Cc2cc(C)c(C)c(C)[n+]2C)S1.CI.Cc1cc(C)[n+](C)c(C)c1C.Cc1cc(C)c(C)c(C)n1.Cc1nc(C)c(C)s1.Cc1sc(C)[n+](C)c1C.[I-]. The summed E-state index contributed by atoms with van der Waals surface area (Å²) < 4.78 is 6.72. The van der Waals surface area contributed by atoms with Gasteiger partial charge in [0.15, 0.2) is 22.8 Å². The van der Waals surface area contributed by atoms with Crippen LogP contribution < -0.4 is 43.4 Å². The quantitative estimate of drug-likeness (QED) is 0.0816. The van der Waals surface area contributed by atoms with Crippen LogP contribution in [0.25, 0.3) is 6.08 Å². The highest BCUT2D eigenvalue weighted by Gasteiger charge is 2.22. The van der Waals surface area contributed by atoms with Gasteiger partial charge < -0.3 is 34.6 Å². The van der Waals surface area contributed by atoms with E-state index in [1.807, 2.05) is 69.6 Å². The Morgan fingerprint density at radius 1 is 0.689 bits per heavy atom. The van der Waals surface area contributed by atoms with Gasteiger partial charge in [-0.2, -0.15) is 9.13 Å². The van der Waals surface area contributed by atoms with E-state index >= 15 is 0 Å². The molecule has 422 valence electrons. The number of aryl methyl sites for hydroxylation is 11. The topological polar surface area (TPSA) is 83.8 Å². The number of carbonyl (C=O) groups is 1. The molecule has 0 saturated heterocycles. The van der Waals surface area contributed by atoms with Crippen molar-refractivity contribution in [2.45, 2.75) is 186 Å². The summed E-state index contributed by atoms with van der Waals surface area (Å²) in [5.41, 5.74) is 24.5. The van der Waals surface area contributed by atoms with Crippen LogP contribution in [0.2, 0.25) is 0 Å². The molecule has 1 aliphatic heterocycles. The van der Waals surface area contributed by atoms with Gasteiger partial charge in [0.2, 0.25) is 10.7 Å². The maximum absolute atomic E-state index is 10.1. The zero-order chi connectivity index (χ0) is 56.5. The number of aromatic nitrogens is 5. The predicted octanol–water partition coefficient (Wildman–Crippen LogP) is 13.3. The van der Waals surface area contributed by atoms with Gasteiger partial charge in [0, 0.05) is 97.9 Å². The average Bonchev–Trinajstić information content (AvgIpc) is 3.82. The normalized spacial score (nSPS) is 11.4. The Labute approximate surface area is 511 Å². The Hall–Kier alpha value is -2.16. The Bertz CT molecular complexity index is 2470. The highest BCUT2D eigenvalue weighted by molar-refractivity contribution is 14.1. The van der Waals surface area contributed by atoms with Crippen molar-refractivity contribution in [3.63, 3.8) is 0 Å². The van der Waals surface area contributed by atoms with E-state index in [1.54, 1.807) is 25.2 Å². The van der Waals surface area contributed by atoms with E-state index in [-0.39, 0.29) is 49.4 Å². The molecular formula is C59H102BrI2N7OS4+2. The fourth-order valence-corrected chi connectivity index (χ4v) is 9.00. The number of allylic oxidation sites excluding steroid dienone is 2. The molecule has 0 spiro atoms. The van der Waals surface area contributed by atoms with Gasteiger partial charge >= 0.3 is 0 Å². The first-order chi connectivity index (χ1) is 32.7. The number of carbonyl (C=O) groups excluding carboxylic acids is 1. The number of pyridine rings is 3. The molecule has 1 aliphatic rings. The third-order valence-electron chi connectivity index (χ3n) is 12.2. The monoisotopic (exact) mass is 1390 g/mol.